The summed E-state index contributed by atoms with van der Waals surface area (Å²) in [5.41, 5.74) is 2.65. The van der Waals surface area contributed by atoms with E-state index in [-0.39, 0.29) is 0 Å². The molecule has 2 aromatic rings. The van der Waals surface area contributed by atoms with E-state index in [9.17, 15) is 0 Å². The largest absolute Gasteiger partial charge is 0.310 e. The number of aryl methyl sites for hydroxylation is 1. The van der Waals surface area contributed by atoms with Crippen LogP contribution in [0.15, 0.2) is 58.3 Å². The summed E-state index contributed by atoms with van der Waals surface area (Å²) in [5, 5.41) is 3.43. The minimum atomic E-state index is 0.420. The molecule has 0 spiro atoms. The Morgan fingerprint density at radius 3 is 2.00 bits per heavy atom. The molecule has 0 saturated carbocycles. The van der Waals surface area contributed by atoms with Gasteiger partial charge in [-0.2, -0.15) is 0 Å². The lowest BCUT2D eigenvalue weighted by Crippen LogP contribution is -2.17. The van der Waals surface area contributed by atoms with E-state index in [4.69, 9.17) is 0 Å². The Hall–Kier alpha value is -1.25. The second-order valence-electron chi connectivity index (χ2n) is 4.76. The van der Waals surface area contributed by atoms with E-state index >= 15 is 0 Å². The Morgan fingerprint density at radius 2 is 1.47 bits per heavy atom. The summed E-state index contributed by atoms with van der Waals surface area (Å²) in [6.45, 7) is 7.45. The topological polar surface area (TPSA) is 12.0 Å². The van der Waals surface area contributed by atoms with Crippen LogP contribution >= 0.6 is 11.8 Å². The number of hydrogen-bond acceptors (Lipinski definition) is 2. The lowest BCUT2D eigenvalue weighted by Gasteiger charge is -2.13. The van der Waals surface area contributed by atoms with Crippen molar-refractivity contribution in [3.05, 3.63) is 59.7 Å². The Bertz CT molecular complexity index is 502. The van der Waals surface area contributed by atoms with Gasteiger partial charge in [0.2, 0.25) is 0 Å². The molecule has 0 aromatic heterocycles. The zero-order chi connectivity index (χ0) is 13.7. The Morgan fingerprint density at radius 1 is 0.947 bits per heavy atom. The van der Waals surface area contributed by atoms with Gasteiger partial charge in [0.15, 0.2) is 0 Å². The highest BCUT2D eigenvalue weighted by Gasteiger charge is 2.03. The van der Waals surface area contributed by atoms with Crippen LogP contribution in [0.1, 0.15) is 31.0 Å². The molecule has 2 aromatic carbocycles. The molecule has 0 bridgehead atoms. The van der Waals surface area contributed by atoms with Crippen molar-refractivity contribution in [1.29, 1.82) is 0 Å². The van der Waals surface area contributed by atoms with Crippen molar-refractivity contribution >= 4 is 11.8 Å². The van der Waals surface area contributed by atoms with Gasteiger partial charge in [-0.25, -0.2) is 0 Å². The van der Waals surface area contributed by atoms with E-state index in [1.807, 2.05) is 11.8 Å². The van der Waals surface area contributed by atoms with Crippen LogP contribution in [-0.4, -0.2) is 6.54 Å². The summed E-state index contributed by atoms with van der Waals surface area (Å²) in [6.07, 6.45) is 0. The van der Waals surface area contributed by atoms with Crippen LogP contribution in [0.4, 0.5) is 0 Å². The maximum Gasteiger partial charge on any atom is 0.0291 e. The molecule has 0 aliphatic carbocycles. The first-order chi connectivity index (χ1) is 9.19. The van der Waals surface area contributed by atoms with Crippen molar-refractivity contribution < 1.29 is 0 Å². The second kappa shape index (κ2) is 6.78. The predicted octanol–water partition coefficient (Wildman–Crippen LogP) is 4.82. The van der Waals surface area contributed by atoms with E-state index < -0.39 is 0 Å². The van der Waals surface area contributed by atoms with Crippen LogP contribution in [0, 0.1) is 6.92 Å². The van der Waals surface area contributed by atoms with Gasteiger partial charge in [0, 0.05) is 15.8 Å². The standard InChI is InChI=1S/C17H21NS/c1-4-18-14(3)15-7-11-17(12-8-15)19-16-9-5-13(2)6-10-16/h5-12,14,18H,4H2,1-3H3. The molecule has 100 valence electrons. The third-order valence-corrected chi connectivity index (χ3v) is 4.16. The SMILES string of the molecule is CCNC(C)c1ccc(Sc2ccc(C)cc2)cc1. The normalized spacial score (nSPS) is 12.4. The van der Waals surface area contributed by atoms with Gasteiger partial charge in [0.05, 0.1) is 0 Å². The first-order valence-corrected chi connectivity index (χ1v) is 7.58. The molecule has 0 radical (unpaired) electrons. The third-order valence-electron chi connectivity index (χ3n) is 3.15. The quantitative estimate of drug-likeness (QED) is 0.837. The summed E-state index contributed by atoms with van der Waals surface area (Å²) >= 11 is 1.81. The Balaban J connectivity index is 2.04. The molecule has 0 amide bonds. The highest BCUT2D eigenvalue weighted by molar-refractivity contribution is 7.99. The summed E-state index contributed by atoms with van der Waals surface area (Å²) in [6, 6.07) is 17.9. The highest BCUT2D eigenvalue weighted by atomic mass is 32.2. The summed E-state index contributed by atoms with van der Waals surface area (Å²) in [4.78, 5) is 2.58. The zero-order valence-corrected chi connectivity index (χ0v) is 12.6. The summed E-state index contributed by atoms with van der Waals surface area (Å²) in [5.74, 6) is 0. The molecule has 1 unspecified atom stereocenters. The van der Waals surface area contributed by atoms with E-state index in [0.717, 1.165) is 6.54 Å². The highest BCUT2D eigenvalue weighted by Crippen LogP contribution is 2.28. The van der Waals surface area contributed by atoms with Gasteiger partial charge in [-0.15, -0.1) is 0 Å². The fourth-order valence-corrected chi connectivity index (χ4v) is 2.81. The molecule has 0 aliphatic heterocycles. The van der Waals surface area contributed by atoms with Gasteiger partial charge in [-0.05, 0) is 50.2 Å². The number of hydrogen-bond donors (Lipinski definition) is 1. The molecule has 2 rings (SSSR count). The molecule has 1 N–H and O–H groups in total. The van der Waals surface area contributed by atoms with Crippen LogP contribution < -0.4 is 5.32 Å². The van der Waals surface area contributed by atoms with E-state index in [1.165, 1.54) is 20.9 Å². The predicted molar refractivity (Wildman–Crippen MR) is 83.8 cm³/mol. The molecule has 2 heteroatoms. The molecular formula is C17H21NS. The van der Waals surface area contributed by atoms with Crippen molar-refractivity contribution in [3.8, 4) is 0 Å². The number of rotatable bonds is 5. The maximum absolute atomic E-state index is 3.43. The molecule has 0 aliphatic rings. The average molecular weight is 271 g/mol. The van der Waals surface area contributed by atoms with Gasteiger partial charge < -0.3 is 5.32 Å². The molecule has 0 heterocycles. The van der Waals surface area contributed by atoms with E-state index in [1.54, 1.807) is 0 Å². The average Bonchev–Trinajstić information content (AvgIpc) is 2.42. The summed E-state index contributed by atoms with van der Waals surface area (Å²) < 4.78 is 0. The second-order valence-corrected chi connectivity index (χ2v) is 5.91. The zero-order valence-electron chi connectivity index (χ0n) is 11.8. The number of benzene rings is 2. The van der Waals surface area contributed by atoms with Crippen molar-refractivity contribution in [2.75, 3.05) is 6.54 Å². The van der Waals surface area contributed by atoms with Crippen LogP contribution in [0.2, 0.25) is 0 Å². The van der Waals surface area contributed by atoms with E-state index in [0.29, 0.717) is 6.04 Å². The first-order valence-electron chi connectivity index (χ1n) is 6.77. The van der Waals surface area contributed by atoms with Crippen LogP contribution in [0.25, 0.3) is 0 Å². The first kappa shape index (κ1) is 14.2. The van der Waals surface area contributed by atoms with Gasteiger partial charge >= 0.3 is 0 Å². The van der Waals surface area contributed by atoms with Crippen molar-refractivity contribution in [3.63, 3.8) is 0 Å². The molecule has 0 fully saturated rings. The third kappa shape index (κ3) is 4.12. The van der Waals surface area contributed by atoms with Crippen LogP contribution in [-0.2, 0) is 0 Å². The minimum Gasteiger partial charge on any atom is -0.310 e. The molecule has 1 atom stereocenters. The lowest BCUT2D eigenvalue weighted by atomic mass is 10.1. The van der Waals surface area contributed by atoms with Gasteiger partial charge in [-0.1, -0.05) is 48.5 Å². The molecule has 0 saturated heterocycles. The fourth-order valence-electron chi connectivity index (χ4n) is 1.99. The Labute approximate surface area is 120 Å². The van der Waals surface area contributed by atoms with Gasteiger partial charge in [0.1, 0.15) is 0 Å². The van der Waals surface area contributed by atoms with Crippen LogP contribution in [0.3, 0.4) is 0 Å². The van der Waals surface area contributed by atoms with Crippen molar-refractivity contribution in [2.24, 2.45) is 0 Å². The fraction of sp³-hybridized carbons (Fsp3) is 0.294. The summed E-state index contributed by atoms with van der Waals surface area (Å²) in [7, 11) is 0. The smallest absolute Gasteiger partial charge is 0.0291 e. The monoisotopic (exact) mass is 271 g/mol. The molecular weight excluding hydrogens is 250 g/mol. The van der Waals surface area contributed by atoms with Crippen molar-refractivity contribution in [1.82, 2.24) is 5.32 Å². The Kier molecular flexibility index (Phi) is 5.06. The number of nitrogens with one attached hydrogen (secondary N) is 1. The van der Waals surface area contributed by atoms with Crippen LogP contribution in [0.5, 0.6) is 0 Å². The van der Waals surface area contributed by atoms with Crippen molar-refractivity contribution in [2.45, 2.75) is 36.6 Å². The maximum atomic E-state index is 3.43. The minimum absolute atomic E-state index is 0.420. The molecule has 1 nitrogen and oxygen atoms in total. The molecule has 19 heavy (non-hydrogen) atoms. The van der Waals surface area contributed by atoms with Gasteiger partial charge in [-0.3, -0.25) is 0 Å². The van der Waals surface area contributed by atoms with E-state index in [2.05, 4.69) is 74.6 Å². The lowest BCUT2D eigenvalue weighted by molar-refractivity contribution is 0.598. The van der Waals surface area contributed by atoms with Gasteiger partial charge in [0.25, 0.3) is 0 Å².